The first kappa shape index (κ1) is 9.22. The van der Waals surface area contributed by atoms with Crippen molar-refractivity contribution in [3.05, 3.63) is 0 Å². The first-order chi connectivity index (χ1) is 5.52. The monoisotopic (exact) mass is 179 g/mol. The molecule has 1 rings (SSSR count). The van der Waals surface area contributed by atoms with Crippen LogP contribution in [0.3, 0.4) is 0 Å². The van der Waals surface area contributed by atoms with E-state index in [-0.39, 0.29) is 12.8 Å². The van der Waals surface area contributed by atoms with Crippen molar-refractivity contribution < 1.29 is 18.3 Å². The zero-order chi connectivity index (χ0) is 9.19. The van der Waals surface area contributed by atoms with Gasteiger partial charge in [0.25, 0.3) is 5.92 Å². The molecule has 2 N–H and O–H groups in total. The smallest absolute Gasteiger partial charge is 0.404 e. The van der Waals surface area contributed by atoms with Crippen LogP contribution in [-0.4, -0.2) is 18.1 Å². The van der Waals surface area contributed by atoms with Gasteiger partial charge in [-0.1, -0.05) is 0 Å². The second kappa shape index (κ2) is 3.25. The molecule has 0 aromatic rings. The van der Waals surface area contributed by atoms with Crippen LogP contribution in [0.25, 0.3) is 0 Å². The number of hydrogen-bond donors (Lipinski definition) is 1. The highest BCUT2D eigenvalue weighted by atomic mass is 19.3. The highest BCUT2D eigenvalue weighted by Gasteiger charge is 2.43. The number of carbonyl (C=O) groups excluding carboxylic acids is 1. The molecule has 0 bridgehead atoms. The molecular weight excluding hydrogens is 168 g/mol. The lowest BCUT2D eigenvalue weighted by atomic mass is 9.94. The SMILES string of the molecule is NC(=O)OC1CCCCC1(F)F. The number of alkyl halides is 2. The third-order valence-electron chi connectivity index (χ3n) is 1.96. The van der Waals surface area contributed by atoms with Crippen LogP contribution in [0.4, 0.5) is 13.6 Å². The summed E-state index contributed by atoms with van der Waals surface area (Å²) in [4.78, 5) is 10.2. The Bertz CT molecular complexity index is 184. The molecule has 0 spiro atoms. The van der Waals surface area contributed by atoms with E-state index in [2.05, 4.69) is 10.5 Å². The quantitative estimate of drug-likeness (QED) is 0.665. The molecule has 1 saturated carbocycles. The van der Waals surface area contributed by atoms with Crippen LogP contribution in [0.1, 0.15) is 25.7 Å². The average Bonchev–Trinajstić information content (AvgIpc) is 1.92. The van der Waals surface area contributed by atoms with E-state index in [0.717, 1.165) is 0 Å². The molecule has 70 valence electrons. The van der Waals surface area contributed by atoms with Gasteiger partial charge in [0.2, 0.25) is 0 Å². The minimum atomic E-state index is -2.90. The van der Waals surface area contributed by atoms with Crippen LogP contribution in [0.15, 0.2) is 0 Å². The number of amides is 1. The number of carbonyl (C=O) groups is 1. The topological polar surface area (TPSA) is 52.3 Å². The van der Waals surface area contributed by atoms with Crippen molar-refractivity contribution in [1.82, 2.24) is 0 Å². The van der Waals surface area contributed by atoms with E-state index in [1.54, 1.807) is 0 Å². The molecule has 5 heteroatoms. The fourth-order valence-electron chi connectivity index (χ4n) is 1.35. The van der Waals surface area contributed by atoms with Gasteiger partial charge in [0.15, 0.2) is 6.10 Å². The predicted octanol–water partition coefficient (Wildman–Crippen LogP) is 1.66. The highest BCUT2D eigenvalue weighted by Crippen LogP contribution is 2.35. The maximum absolute atomic E-state index is 12.9. The minimum absolute atomic E-state index is 0.204. The van der Waals surface area contributed by atoms with E-state index in [1.807, 2.05) is 0 Å². The molecule has 0 aromatic heterocycles. The van der Waals surface area contributed by atoms with Crippen LogP contribution < -0.4 is 5.73 Å². The third kappa shape index (κ3) is 2.06. The Morgan fingerprint density at radius 2 is 2.17 bits per heavy atom. The number of rotatable bonds is 1. The molecular formula is C7H11F2NO2. The molecule has 1 amide bonds. The van der Waals surface area contributed by atoms with Gasteiger partial charge >= 0.3 is 6.09 Å². The Hall–Kier alpha value is -0.870. The summed E-state index contributed by atoms with van der Waals surface area (Å²) in [6, 6.07) is 0. The van der Waals surface area contributed by atoms with Gasteiger partial charge in [-0.15, -0.1) is 0 Å². The largest absolute Gasteiger partial charge is 0.440 e. The number of halogens is 2. The van der Waals surface area contributed by atoms with Crippen molar-refractivity contribution in [2.24, 2.45) is 5.73 Å². The van der Waals surface area contributed by atoms with Gasteiger partial charge in [0.1, 0.15) is 0 Å². The van der Waals surface area contributed by atoms with E-state index >= 15 is 0 Å². The first-order valence-corrected chi connectivity index (χ1v) is 3.86. The van der Waals surface area contributed by atoms with Gasteiger partial charge in [-0.2, -0.15) is 0 Å². The lowest BCUT2D eigenvalue weighted by Crippen LogP contribution is -2.41. The number of hydrogen-bond acceptors (Lipinski definition) is 2. The molecule has 12 heavy (non-hydrogen) atoms. The fraction of sp³-hybridized carbons (Fsp3) is 0.857. The van der Waals surface area contributed by atoms with E-state index in [9.17, 15) is 13.6 Å². The normalized spacial score (nSPS) is 28.0. The number of primary amides is 1. The Labute approximate surface area is 68.9 Å². The van der Waals surface area contributed by atoms with Crippen LogP contribution in [0.2, 0.25) is 0 Å². The second-order valence-electron chi connectivity index (χ2n) is 2.93. The lowest BCUT2D eigenvalue weighted by molar-refractivity contribution is -0.131. The van der Waals surface area contributed by atoms with Crippen molar-refractivity contribution >= 4 is 6.09 Å². The molecule has 0 saturated heterocycles. The maximum atomic E-state index is 12.9. The van der Waals surface area contributed by atoms with Crippen molar-refractivity contribution in [2.75, 3.05) is 0 Å². The zero-order valence-electron chi connectivity index (χ0n) is 6.56. The predicted molar refractivity (Wildman–Crippen MR) is 37.9 cm³/mol. The summed E-state index contributed by atoms with van der Waals surface area (Å²) in [5.74, 6) is -2.90. The van der Waals surface area contributed by atoms with Crippen molar-refractivity contribution in [2.45, 2.75) is 37.7 Å². The van der Waals surface area contributed by atoms with Gasteiger partial charge < -0.3 is 10.5 Å². The van der Waals surface area contributed by atoms with Crippen LogP contribution in [0, 0.1) is 0 Å². The van der Waals surface area contributed by atoms with E-state index in [4.69, 9.17) is 0 Å². The van der Waals surface area contributed by atoms with Crippen LogP contribution >= 0.6 is 0 Å². The summed E-state index contributed by atoms with van der Waals surface area (Å²) < 4.78 is 30.1. The summed E-state index contributed by atoms with van der Waals surface area (Å²) in [7, 11) is 0. The Morgan fingerprint density at radius 1 is 1.50 bits per heavy atom. The molecule has 0 radical (unpaired) electrons. The molecule has 0 aliphatic heterocycles. The molecule has 1 aliphatic carbocycles. The van der Waals surface area contributed by atoms with Crippen molar-refractivity contribution in [3.63, 3.8) is 0 Å². The zero-order valence-corrected chi connectivity index (χ0v) is 6.56. The number of ether oxygens (including phenoxy) is 1. The highest BCUT2D eigenvalue weighted by molar-refractivity contribution is 5.64. The van der Waals surface area contributed by atoms with Crippen molar-refractivity contribution in [1.29, 1.82) is 0 Å². The van der Waals surface area contributed by atoms with Gasteiger partial charge in [-0.3, -0.25) is 0 Å². The van der Waals surface area contributed by atoms with E-state index in [0.29, 0.717) is 12.8 Å². The number of nitrogens with two attached hydrogens (primary N) is 1. The average molecular weight is 179 g/mol. The van der Waals surface area contributed by atoms with Crippen molar-refractivity contribution in [3.8, 4) is 0 Å². The molecule has 0 aromatic carbocycles. The summed E-state index contributed by atoms with van der Waals surface area (Å²) in [5.41, 5.74) is 4.65. The fourth-order valence-corrected chi connectivity index (χ4v) is 1.35. The second-order valence-corrected chi connectivity index (χ2v) is 2.93. The molecule has 1 aliphatic rings. The maximum Gasteiger partial charge on any atom is 0.404 e. The molecule has 1 unspecified atom stereocenters. The summed E-state index contributed by atoms with van der Waals surface area (Å²) >= 11 is 0. The van der Waals surface area contributed by atoms with Crippen LogP contribution in [-0.2, 0) is 4.74 Å². The molecule has 1 atom stereocenters. The molecule has 1 fully saturated rings. The Balaban J connectivity index is 2.54. The van der Waals surface area contributed by atoms with E-state index < -0.39 is 18.1 Å². The van der Waals surface area contributed by atoms with Gasteiger partial charge in [-0.25, -0.2) is 13.6 Å². The van der Waals surface area contributed by atoms with E-state index in [1.165, 1.54) is 0 Å². The van der Waals surface area contributed by atoms with Gasteiger partial charge in [0, 0.05) is 6.42 Å². The molecule has 0 heterocycles. The Kier molecular flexibility index (Phi) is 2.49. The third-order valence-corrected chi connectivity index (χ3v) is 1.96. The summed E-state index contributed by atoms with van der Waals surface area (Å²) in [5, 5.41) is 0. The Morgan fingerprint density at radius 3 is 2.67 bits per heavy atom. The molecule has 3 nitrogen and oxygen atoms in total. The summed E-state index contributed by atoms with van der Waals surface area (Å²) in [6.45, 7) is 0. The van der Waals surface area contributed by atoms with Crippen LogP contribution in [0.5, 0.6) is 0 Å². The first-order valence-electron chi connectivity index (χ1n) is 3.86. The standard InChI is InChI=1S/C7H11F2NO2/c8-7(9)4-2-1-3-5(7)12-6(10)11/h5H,1-4H2,(H2,10,11). The minimum Gasteiger partial charge on any atom is -0.440 e. The van der Waals surface area contributed by atoms with Gasteiger partial charge in [0.05, 0.1) is 0 Å². The summed E-state index contributed by atoms with van der Waals surface area (Å²) in [6.07, 6.45) is -1.31. The lowest BCUT2D eigenvalue weighted by Gasteiger charge is -2.29. The van der Waals surface area contributed by atoms with Gasteiger partial charge in [-0.05, 0) is 19.3 Å².